The fraction of sp³-hybridized carbons (Fsp3) is 0.400. The molecule has 0 aromatic heterocycles. The van der Waals surface area contributed by atoms with Crippen molar-refractivity contribution in [3.63, 3.8) is 0 Å². The Hall–Kier alpha value is -1.52. The summed E-state index contributed by atoms with van der Waals surface area (Å²) in [6.07, 6.45) is 0.0466. The Morgan fingerprint density at radius 1 is 1.17 bits per heavy atom. The van der Waals surface area contributed by atoms with E-state index in [-0.39, 0.29) is 11.2 Å². The molecular formula is C20H25FO2S. The first-order valence-electron chi connectivity index (χ1n) is 8.03. The Kier molecular flexibility index (Phi) is 6.30. The minimum atomic E-state index is -0.487. The monoisotopic (exact) mass is 348 g/mol. The molecule has 0 amide bonds. The van der Waals surface area contributed by atoms with E-state index < -0.39 is 6.10 Å². The minimum Gasteiger partial charge on any atom is -0.496 e. The Labute approximate surface area is 148 Å². The van der Waals surface area contributed by atoms with Gasteiger partial charge in [0.15, 0.2) is 0 Å². The quantitative estimate of drug-likeness (QED) is 0.717. The molecule has 0 spiro atoms. The first-order valence-corrected chi connectivity index (χ1v) is 9.02. The topological polar surface area (TPSA) is 29.5 Å². The van der Waals surface area contributed by atoms with Gasteiger partial charge in [-0.05, 0) is 49.1 Å². The predicted molar refractivity (Wildman–Crippen MR) is 98.5 cm³/mol. The number of halogens is 1. The van der Waals surface area contributed by atoms with E-state index in [0.717, 1.165) is 10.5 Å². The fourth-order valence-corrected chi connectivity index (χ4v) is 3.63. The summed E-state index contributed by atoms with van der Waals surface area (Å²) in [4.78, 5) is 1.14. The number of hydrogen-bond acceptors (Lipinski definition) is 3. The molecule has 1 atom stereocenters. The third-order valence-corrected chi connectivity index (χ3v) is 5.26. The van der Waals surface area contributed by atoms with Crippen molar-refractivity contribution in [2.75, 3.05) is 12.9 Å². The van der Waals surface area contributed by atoms with Gasteiger partial charge in [0.05, 0.1) is 13.2 Å². The van der Waals surface area contributed by atoms with Crippen LogP contribution < -0.4 is 4.74 Å². The van der Waals surface area contributed by atoms with Crippen molar-refractivity contribution >= 4 is 11.8 Å². The zero-order valence-corrected chi connectivity index (χ0v) is 15.5. The van der Waals surface area contributed by atoms with Crippen LogP contribution in [0.5, 0.6) is 5.75 Å². The third kappa shape index (κ3) is 4.99. The average Bonchev–Trinajstić information content (AvgIpc) is 2.54. The molecule has 2 rings (SSSR count). The number of ether oxygens (including phenoxy) is 1. The zero-order valence-electron chi connectivity index (χ0n) is 14.7. The molecule has 0 aliphatic rings. The number of thioether (sulfide) groups is 1. The lowest BCUT2D eigenvalue weighted by Crippen LogP contribution is -2.26. The second kappa shape index (κ2) is 8.04. The Bertz CT molecular complexity index is 668. The maximum atomic E-state index is 13.6. The molecule has 4 heteroatoms. The van der Waals surface area contributed by atoms with E-state index >= 15 is 0 Å². The summed E-state index contributed by atoms with van der Waals surface area (Å²) in [7, 11) is 1.58. The minimum absolute atomic E-state index is 0.289. The van der Waals surface area contributed by atoms with Crippen LogP contribution in [-0.2, 0) is 5.41 Å². The molecule has 0 saturated heterocycles. The Morgan fingerprint density at radius 2 is 1.83 bits per heavy atom. The molecule has 1 N–H and O–H groups in total. The largest absolute Gasteiger partial charge is 0.496 e. The lowest BCUT2D eigenvalue weighted by molar-refractivity contribution is 0.160. The molecule has 0 fully saturated rings. The van der Waals surface area contributed by atoms with Crippen molar-refractivity contribution in [3.05, 3.63) is 59.4 Å². The van der Waals surface area contributed by atoms with Crippen molar-refractivity contribution in [1.29, 1.82) is 0 Å². The molecule has 24 heavy (non-hydrogen) atoms. The van der Waals surface area contributed by atoms with E-state index in [9.17, 15) is 9.50 Å². The second-order valence-corrected chi connectivity index (χ2v) is 7.80. The maximum Gasteiger partial charge on any atom is 0.123 e. The maximum absolute atomic E-state index is 13.6. The molecule has 1 unspecified atom stereocenters. The van der Waals surface area contributed by atoms with Gasteiger partial charge in [0.2, 0.25) is 0 Å². The summed E-state index contributed by atoms with van der Waals surface area (Å²) in [5.41, 5.74) is 1.62. The second-order valence-electron chi connectivity index (χ2n) is 6.71. The number of methoxy groups -OCH3 is 1. The van der Waals surface area contributed by atoms with Gasteiger partial charge in [-0.2, -0.15) is 0 Å². The molecule has 130 valence electrons. The van der Waals surface area contributed by atoms with Gasteiger partial charge in [-0.25, -0.2) is 4.39 Å². The molecule has 2 aromatic carbocycles. The zero-order chi connectivity index (χ0) is 17.7. The van der Waals surface area contributed by atoms with Crippen LogP contribution >= 0.6 is 11.8 Å². The molecule has 0 aliphatic heterocycles. The molecule has 0 radical (unpaired) electrons. The van der Waals surface area contributed by atoms with Crippen LogP contribution in [0.4, 0.5) is 4.39 Å². The summed E-state index contributed by atoms with van der Waals surface area (Å²) in [5.74, 6) is 0.964. The van der Waals surface area contributed by atoms with E-state index in [1.807, 2.05) is 13.8 Å². The standard InChI is InChI=1S/C20H25FO2S/c1-14-5-8-17(9-6-14)24-13-16(22)12-20(2,3)18-11-15(21)7-10-19(18)23-4/h5-11,16,22H,12-13H2,1-4H3. The number of aliphatic hydroxyl groups excluding tert-OH is 1. The van der Waals surface area contributed by atoms with Gasteiger partial charge >= 0.3 is 0 Å². The van der Waals surface area contributed by atoms with Gasteiger partial charge in [-0.15, -0.1) is 11.8 Å². The number of aliphatic hydroxyl groups is 1. The number of hydrogen-bond donors (Lipinski definition) is 1. The van der Waals surface area contributed by atoms with E-state index in [1.165, 1.54) is 17.7 Å². The summed E-state index contributed by atoms with van der Waals surface area (Å²) in [6, 6.07) is 12.8. The molecule has 0 bridgehead atoms. The molecular weight excluding hydrogens is 323 g/mol. The SMILES string of the molecule is COc1ccc(F)cc1C(C)(C)CC(O)CSc1ccc(C)cc1. The van der Waals surface area contributed by atoms with Crippen LogP contribution in [0.2, 0.25) is 0 Å². The predicted octanol–water partition coefficient (Wildman–Crippen LogP) is 4.96. The molecule has 2 aromatic rings. The van der Waals surface area contributed by atoms with Crippen molar-refractivity contribution < 1.29 is 14.2 Å². The van der Waals surface area contributed by atoms with Crippen LogP contribution in [0.25, 0.3) is 0 Å². The van der Waals surface area contributed by atoms with Gasteiger partial charge in [0.1, 0.15) is 11.6 Å². The lowest BCUT2D eigenvalue weighted by Gasteiger charge is -2.29. The van der Waals surface area contributed by atoms with Crippen LogP contribution in [0.3, 0.4) is 0 Å². The lowest BCUT2D eigenvalue weighted by atomic mass is 9.79. The number of rotatable bonds is 7. The molecule has 2 nitrogen and oxygen atoms in total. The van der Waals surface area contributed by atoms with E-state index in [2.05, 4.69) is 31.2 Å². The van der Waals surface area contributed by atoms with Crippen LogP contribution in [-0.4, -0.2) is 24.1 Å². The Morgan fingerprint density at radius 3 is 2.46 bits per heavy atom. The van der Waals surface area contributed by atoms with Crippen molar-refractivity contribution in [1.82, 2.24) is 0 Å². The fourth-order valence-electron chi connectivity index (χ4n) is 2.79. The van der Waals surface area contributed by atoms with Gasteiger partial charge in [0.25, 0.3) is 0 Å². The number of aryl methyl sites for hydroxylation is 1. The normalized spacial score (nSPS) is 12.9. The highest BCUT2D eigenvalue weighted by atomic mass is 32.2. The molecule has 0 saturated carbocycles. The van der Waals surface area contributed by atoms with Crippen LogP contribution in [0.1, 0.15) is 31.4 Å². The van der Waals surface area contributed by atoms with E-state index in [0.29, 0.717) is 17.9 Å². The highest BCUT2D eigenvalue weighted by Gasteiger charge is 2.28. The van der Waals surface area contributed by atoms with Gasteiger partial charge in [0, 0.05) is 16.2 Å². The summed E-state index contributed by atoms with van der Waals surface area (Å²) >= 11 is 1.63. The van der Waals surface area contributed by atoms with Gasteiger partial charge in [-0.3, -0.25) is 0 Å². The summed E-state index contributed by atoms with van der Waals surface area (Å²) in [6.45, 7) is 6.06. The van der Waals surface area contributed by atoms with Crippen LogP contribution in [0, 0.1) is 12.7 Å². The van der Waals surface area contributed by atoms with Crippen LogP contribution in [0.15, 0.2) is 47.4 Å². The smallest absolute Gasteiger partial charge is 0.123 e. The summed E-state index contributed by atoms with van der Waals surface area (Å²) in [5, 5.41) is 10.4. The number of benzene rings is 2. The van der Waals surface area contributed by atoms with Crippen molar-refractivity contribution in [3.8, 4) is 5.75 Å². The van der Waals surface area contributed by atoms with Gasteiger partial charge in [-0.1, -0.05) is 31.5 Å². The highest BCUT2D eigenvalue weighted by molar-refractivity contribution is 7.99. The molecule has 0 heterocycles. The van der Waals surface area contributed by atoms with Crippen molar-refractivity contribution in [2.45, 2.75) is 43.6 Å². The Balaban J connectivity index is 2.02. The summed E-state index contributed by atoms with van der Waals surface area (Å²) < 4.78 is 19.0. The van der Waals surface area contributed by atoms with Gasteiger partial charge < -0.3 is 9.84 Å². The van der Waals surface area contributed by atoms with Crippen molar-refractivity contribution in [2.24, 2.45) is 0 Å². The van der Waals surface area contributed by atoms with E-state index in [4.69, 9.17) is 4.74 Å². The van der Waals surface area contributed by atoms with E-state index in [1.54, 1.807) is 24.9 Å². The first kappa shape index (κ1) is 18.8. The highest BCUT2D eigenvalue weighted by Crippen LogP contribution is 2.36. The first-order chi connectivity index (χ1) is 11.3. The third-order valence-electron chi connectivity index (χ3n) is 4.10. The average molecular weight is 348 g/mol. The molecule has 0 aliphatic carbocycles.